The van der Waals surface area contributed by atoms with E-state index in [4.69, 9.17) is 4.74 Å². The van der Waals surface area contributed by atoms with Crippen LogP contribution in [0.1, 0.15) is 5.56 Å². The van der Waals surface area contributed by atoms with Crippen LogP contribution in [0.15, 0.2) is 42.6 Å². The van der Waals surface area contributed by atoms with Crippen LogP contribution in [0, 0.1) is 0 Å². The summed E-state index contributed by atoms with van der Waals surface area (Å²) in [5, 5.41) is 8.30. The van der Waals surface area contributed by atoms with Crippen LogP contribution in [0.2, 0.25) is 0 Å². The van der Waals surface area contributed by atoms with Crippen molar-refractivity contribution in [1.82, 2.24) is 15.1 Å². The van der Waals surface area contributed by atoms with Gasteiger partial charge in [0.15, 0.2) is 5.82 Å². The first-order valence-electron chi connectivity index (χ1n) is 8.93. The zero-order chi connectivity index (χ0) is 19.2. The summed E-state index contributed by atoms with van der Waals surface area (Å²) in [5.41, 5.74) is 1.99. The van der Waals surface area contributed by atoms with Crippen LogP contribution in [0.5, 0.6) is 5.75 Å². The number of methoxy groups -OCH3 is 1. The van der Waals surface area contributed by atoms with Gasteiger partial charge in [-0.25, -0.2) is 0 Å². The lowest BCUT2D eigenvalue weighted by Gasteiger charge is -2.34. The molecule has 0 aliphatic carbocycles. The van der Waals surface area contributed by atoms with Gasteiger partial charge < -0.3 is 19.4 Å². The molecule has 1 aromatic heterocycles. The van der Waals surface area contributed by atoms with E-state index in [1.54, 1.807) is 19.4 Å². The zero-order valence-corrected chi connectivity index (χ0v) is 16.0. The lowest BCUT2D eigenvalue weighted by Crippen LogP contribution is -2.48. The molecule has 2 aromatic rings. The number of carbonyl (C=O) groups is 1. The normalized spacial score (nSPS) is 14.5. The van der Waals surface area contributed by atoms with Crippen molar-refractivity contribution in [3.05, 3.63) is 48.2 Å². The Morgan fingerprint density at radius 2 is 1.85 bits per heavy atom. The summed E-state index contributed by atoms with van der Waals surface area (Å²) in [6.07, 6.45) is 5.21. The molecule has 7 heteroatoms. The van der Waals surface area contributed by atoms with Crippen molar-refractivity contribution in [3.8, 4) is 5.75 Å². The summed E-state index contributed by atoms with van der Waals surface area (Å²) in [7, 11) is 5.59. The molecule has 0 bridgehead atoms. The number of rotatable bonds is 5. The van der Waals surface area contributed by atoms with Crippen LogP contribution in [-0.4, -0.2) is 68.4 Å². The Hall–Kier alpha value is -3.09. The number of piperazine rings is 1. The highest BCUT2D eigenvalue weighted by Crippen LogP contribution is 2.18. The Bertz CT molecular complexity index is 796. The van der Waals surface area contributed by atoms with Gasteiger partial charge in [0, 0.05) is 52.4 Å². The second kappa shape index (κ2) is 8.53. The fourth-order valence-corrected chi connectivity index (χ4v) is 2.89. The van der Waals surface area contributed by atoms with E-state index < -0.39 is 0 Å². The number of nitrogens with zero attached hydrogens (tertiary/aromatic N) is 5. The van der Waals surface area contributed by atoms with Crippen molar-refractivity contribution in [2.45, 2.75) is 0 Å². The van der Waals surface area contributed by atoms with Crippen LogP contribution in [0.3, 0.4) is 0 Å². The molecular weight excluding hydrogens is 342 g/mol. The van der Waals surface area contributed by atoms with Crippen molar-refractivity contribution >= 4 is 23.5 Å². The van der Waals surface area contributed by atoms with E-state index in [0.717, 1.165) is 35.9 Å². The maximum absolute atomic E-state index is 12.4. The van der Waals surface area contributed by atoms with Gasteiger partial charge in [-0.15, -0.1) is 5.10 Å². The molecule has 2 heterocycles. The predicted octanol–water partition coefficient (Wildman–Crippen LogP) is 1.91. The third kappa shape index (κ3) is 4.75. The number of hydrogen-bond donors (Lipinski definition) is 0. The monoisotopic (exact) mass is 367 g/mol. The van der Waals surface area contributed by atoms with Crippen LogP contribution in [-0.2, 0) is 4.79 Å². The van der Waals surface area contributed by atoms with Gasteiger partial charge in [0.1, 0.15) is 5.75 Å². The maximum Gasteiger partial charge on any atom is 0.246 e. The molecule has 1 amide bonds. The van der Waals surface area contributed by atoms with Gasteiger partial charge in [0.05, 0.1) is 19.0 Å². The number of ether oxygens (including phenoxy) is 1. The van der Waals surface area contributed by atoms with Gasteiger partial charge in [0.25, 0.3) is 0 Å². The Morgan fingerprint density at radius 3 is 2.48 bits per heavy atom. The lowest BCUT2D eigenvalue weighted by atomic mass is 10.2. The average Bonchev–Trinajstić information content (AvgIpc) is 2.72. The van der Waals surface area contributed by atoms with E-state index in [9.17, 15) is 4.79 Å². The number of hydrogen-bond acceptors (Lipinski definition) is 6. The zero-order valence-electron chi connectivity index (χ0n) is 16.0. The first kappa shape index (κ1) is 18.7. The van der Waals surface area contributed by atoms with Crippen LogP contribution < -0.4 is 14.5 Å². The fourth-order valence-electron chi connectivity index (χ4n) is 2.89. The van der Waals surface area contributed by atoms with Gasteiger partial charge in [-0.2, -0.15) is 5.10 Å². The first-order chi connectivity index (χ1) is 13.1. The van der Waals surface area contributed by atoms with Crippen LogP contribution in [0.25, 0.3) is 6.08 Å². The van der Waals surface area contributed by atoms with Gasteiger partial charge >= 0.3 is 0 Å². The van der Waals surface area contributed by atoms with Gasteiger partial charge in [0.2, 0.25) is 5.91 Å². The Labute approximate surface area is 159 Å². The topological polar surface area (TPSA) is 61.8 Å². The standard InChI is InChI=1S/C20H25N5O2/c1-23(2)17-14-19(22-21-15-17)24-10-12-25(13-11-24)20(26)9-6-16-4-7-18(27-3)8-5-16/h4-9,14-15H,10-13H2,1-3H3/b9-6+. The highest BCUT2D eigenvalue weighted by atomic mass is 16.5. The molecule has 0 radical (unpaired) electrons. The summed E-state index contributed by atoms with van der Waals surface area (Å²) >= 11 is 0. The van der Waals surface area contributed by atoms with Crippen LogP contribution in [0.4, 0.5) is 11.5 Å². The Balaban J connectivity index is 1.55. The molecular formula is C20H25N5O2. The minimum absolute atomic E-state index is 0.0265. The number of aromatic nitrogens is 2. The molecule has 3 rings (SSSR count). The first-order valence-corrected chi connectivity index (χ1v) is 8.93. The predicted molar refractivity (Wildman–Crippen MR) is 107 cm³/mol. The molecule has 0 unspecified atom stereocenters. The molecule has 0 saturated carbocycles. The molecule has 1 saturated heterocycles. The molecule has 0 N–H and O–H groups in total. The van der Waals surface area contributed by atoms with E-state index >= 15 is 0 Å². The maximum atomic E-state index is 12.4. The van der Waals surface area contributed by atoms with E-state index in [2.05, 4.69) is 15.1 Å². The number of anilines is 2. The van der Waals surface area contributed by atoms with Crippen molar-refractivity contribution < 1.29 is 9.53 Å². The average molecular weight is 367 g/mol. The van der Waals surface area contributed by atoms with E-state index in [-0.39, 0.29) is 5.91 Å². The van der Waals surface area contributed by atoms with Crippen molar-refractivity contribution in [3.63, 3.8) is 0 Å². The molecule has 1 aliphatic rings. The molecule has 27 heavy (non-hydrogen) atoms. The quantitative estimate of drug-likeness (QED) is 0.753. The third-order valence-corrected chi connectivity index (χ3v) is 4.59. The second-order valence-electron chi connectivity index (χ2n) is 6.59. The Kier molecular flexibility index (Phi) is 5.90. The van der Waals surface area contributed by atoms with E-state index in [1.165, 1.54) is 0 Å². The minimum atomic E-state index is 0.0265. The third-order valence-electron chi connectivity index (χ3n) is 4.59. The number of amides is 1. The summed E-state index contributed by atoms with van der Waals surface area (Å²) in [6, 6.07) is 9.64. The molecule has 142 valence electrons. The smallest absolute Gasteiger partial charge is 0.246 e. The van der Waals surface area contributed by atoms with Crippen molar-refractivity contribution in [1.29, 1.82) is 0 Å². The van der Waals surface area contributed by atoms with Crippen molar-refractivity contribution in [2.24, 2.45) is 0 Å². The van der Waals surface area contributed by atoms with Gasteiger partial charge in [-0.3, -0.25) is 4.79 Å². The summed E-state index contributed by atoms with van der Waals surface area (Å²) in [6.45, 7) is 2.82. The van der Waals surface area contributed by atoms with E-state index in [0.29, 0.717) is 13.1 Å². The SMILES string of the molecule is COc1ccc(/C=C/C(=O)N2CCN(c3cc(N(C)C)cnn3)CC2)cc1. The highest BCUT2D eigenvalue weighted by Gasteiger charge is 2.21. The van der Waals surface area contributed by atoms with Gasteiger partial charge in [-0.1, -0.05) is 12.1 Å². The molecule has 1 aliphatic heterocycles. The van der Waals surface area contributed by atoms with E-state index in [1.807, 2.05) is 60.3 Å². The molecule has 1 fully saturated rings. The van der Waals surface area contributed by atoms with Crippen molar-refractivity contribution in [2.75, 3.05) is 57.2 Å². The fraction of sp³-hybridized carbons (Fsp3) is 0.350. The number of benzene rings is 1. The largest absolute Gasteiger partial charge is 0.497 e. The Morgan fingerprint density at radius 1 is 1.15 bits per heavy atom. The minimum Gasteiger partial charge on any atom is -0.497 e. The summed E-state index contributed by atoms with van der Waals surface area (Å²) < 4.78 is 5.14. The van der Waals surface area contributed by atoms with Crippen LogP contribution >= 0.6 is 0 Å². The summed E-state index contributed by atoms with van der Waals surface area (Å²) in [4.78, 5) is 18.5. The highest BCUT2D eigenvalue weighted by molar-refractivity contribution is 5.92. The number of carbonyl (C=O) groups excluding carboxylic acids is 1. The molecule has 1 aromatic carbocycles. The van der Waals surface area contributed by atoms with Gasteiger partial charge in [-0.05, 0) is 23.8 Å². The summed E-state index contributed by atoms with van der Waals surface area (Å²) in [5.74, 6) is 1.68. The molecule has 0 spiro atoms. The second-order valence-corrected chi connectivity index (χ2v) is 6.59. The molecule has 0 atom stereocenters. The molecule has 7 nitrogen and oxygen atoms in total. The lowest BCUT2D eigenvalue weighted by molar-refractivity contribution is -0.126.